The van der Waals surface area contributed by atoms with Gasteiger partial charge in [-0.15, -0.1) is 0 Å². The molecular formula is C19H19FN2O2S. The summed E-state index contributed by atoms with van der Waals surface area (Å²) >= 11 is 1.42. The fourth-order valence-electron chi connectivity index (χ4n) is 2.60. The van der Waals surface area contributed by atoms with Crippen molar-refractivity contribution >= 4 is 28.6 Å². The summed E-state index contributed by atoms with van der Waals surface area (Å²) in [6.07, 6.45) is 0.255. The van der Waals surface area contributed by atoms with Crippen molar-refractivity contribution in [3.05, 3.63) is 59.9 Å². The maximum absolute atomic E-state index is 13.5. The zero-order valence-electron chi connectivity index (χ0n) is 13.8. The number of H-pyrrole nitrogens is 1. The minimum atomic E-state index is -0.278. The standard InChI is InChI=1S/C19H19FN2O2S/c1-24-10-9-21-18(23)12-16-15-7-2-3-8-17(15)22-19(16)25-14-6-4-5-13(20)11-14/h2-8,11,22H,9-10,12H2,1H3,(H,21,23). The first-order valence-electron chi connectivity index (χ1n) is 7.96. The molecule has 0 saturated heterocycles. The van der Waals surface area contributed by atoms with Crippen molar-refractivity contribution in [3.8, 4) is 0 Å². The lowest BCUT2D eigenvalue weighted by atomic mass is 10.1. The number of rotatable bonds is 7. The molecule has 0 spiro atoms. The molecule has 0 atom stereocenters. The van der Waals surface area contributed by atoms with E-state index in [1.165, 1.54) is 23.9 Å². The summed E-state index contributed by atoms with van der Waals surface area (Å²) in [4.78, 5) is 16.4. The normalized spacial score (nSPS) is 11.0. The lowest BCUT2D eigenvalue weighted by Crippen LogP contribution is -2.28. The Hall–Kier alpha value is -2.31. The second-order valence-electron chi connectivity index (χ2n) is 5.56. The van der Waals surface area contributed by atoms with Gasteiger partial charge in [-0.1, -0.05) is 36.0 Å². The Balaban J connectivity index is 1.88. The molecule has 0 bridgehead atoms. The molecule has 1 amide bonds. The molecule has 1 heterocycles. The molecule has 0 radical (unpaired) electrons. The number of amides is 1. The molecule has 4 nitrogen and oxygen atoms in total. The number of carbonyl (C=O) groups is 1. The highest BCUT2D eigenvalue weighted by molar-refractivity contribution is 7.99. The third-order valence-electron chi connectivity index (χ3n) is 3.76. The van der Waals surface area contributed by atoms with Crippen molar-refractivity contribution in [1.82, 2.24) is 10.3 Å². The summed E-state index contributed by atoms with van der Waals surface area (Å²) in [7, 11) is 1.60. The van der Waals surface area contributed by atoms with Crippen molar-refractivity contribution in [1.29, 1.82) is 0 Å². The third kappa shape index (κ3) is 4.41. The van der Waals surface area contributed by atoms with Crippen molar-refractivity contribution < 1.29 is 13.9 Å². The van der Waals surface area contributed by atoms with E-state index in [1.54, 1.807) is 13.2 Å². The fourth-order valence-corrected chi connectivity index (χ4v) is 3.62. The number of aromatic amines is 1. The highest BCUT2D eigenvalue weighted by Crippen LogP contribution is 2.34. The van der Waals surface area contributed by atoms with Crippen molar-refractivity contribution in [2.45, 2.75) is 16.3 Å². The maximum Gasteiger partial charge on any atom is 0.224 e. The van der Waals surface area contributed by atoms with E-state index in [9.17, 15) is 9.18 Å². The second kappa shape index (κ2) is 8.18. The van der Waals surface area contributed by atoms with Crippen LogP contribution in [0.15, 0.2) is 58.5 Å². The molecule has 0 aliphatic carbocycles. The van der Waals surface area contributed by atoms with Crippen LogP contribution in [0.3, 0.4) is 0 Å². The predicted octanol–water partition coefficient (Wildman–Crippen LogP) is 3.76. The predicted molar refractivity (Wildman–Crippen MR) is 97.4 cm³/mol. The molecule has 0 unspecified atom stereocenters. The summed E-state index contributed by atoms with van der Waals surface area (Å²) in [6, 6.07) is 14.3. The summed E-state index contributed by atoms with van der Waals surface area (Å²) < 4.78 is 18.4. The van der Waals surface area contributed by atoms with Gasteiger partial charge in [0.2, 0.25) is 5.91 Å². The minimum absolute atomic E-state index is 0.0668. The van der Waals surface area contributed by atoms with Crippen LogP contribution < -0.4 is 5.32 Å². The van der Waals surface area contributed by atoms with Gasteiger partial charge in [0.25, 0.3) is 0 Å². The first-order valence-corrected chi connectivity index (χ1v) is 8.77. The van der Waals surface area contributed by atoms with Crippen LogP contribution in [0.1, 0.15) is 5.56 Å². The van der Waals surface area contributed by atoms with Crippen molar-refractivity contribution in [2.24, 2.45) is 0 Å². The molecule has 25 heavy (non-hydrogen) atoms. The van der Waals surface area contributed by atoms with E-state index in [-0.39, 0.29) is 18.1 Å². The van der Waals surface area contributed by atoms with Gasteiger partial charge in [-0.25, -0.2) is 4.39 Å². The lowest BCUT2D eigenvalue weighted by Gasteiger charge is -2.07. The van der Waals surface area contributed by atoms with Crippen molar-refractivity contribution in [2.75, 3.05) is 20.3 Å². The van der Waals surface area contributed by atoms with Crippen LogP contribution in [0, 0.1) is 5.82 Å². The molecule has 2 aromatic carbocycles. The quantitative estimate of drug-likeness (QED) is 0.632. The van der Waals surface area contributed by atoms with E-state index >= 15 is 0 Å². The monoisotopic (exact) mass is 358 g/mol. The highest BCUT2D eigenvalue weighted by atomic mass is 32.2. The molecule has 0 saturated carbocycles. The van der Waals surface area contributed by atoms with Gasteiger partial charge in [0.05, 0.1) is 18.1 Å². The van der Waals surface area contributed by atoms with E-state index in [0.717, 1.165) is 26.4 Å². The average molecular weight is 358 g/mol. The van der Waals surface area contributed by atoms with Crippen LogP contribution in [0.4, 0.5) is 4.39 Å². The molecule has 6 heteroatoms. The number of hydrogen-bond acceptors (Lipinski definition) is 3. The molecule has 3 rings (SSSR count). The zero-order valence-corrected chi connectivity index (χ0v) is 14.7. The molecule has 0 aliphatic heterocycles. The maximum atomic E-state index is 13.5. The molecule has 2 N–H and O–H groups in total. The van der Waals surface area contributed by atoms with Crippen LogP contribution in [0.5, 0.6) is 0 Å². The first kappa shape index (κ1) is 17.5. The number of para-hydroxylation sites is 1. The Labute approximate surface area is 149 Å². The second-order valence-corrected chi connectivity index (χ2v) is 6.64. The van der Waals surface area contributed by atoms with E-state index in [1.807, 2.05) is 30.3 Å². The minimum Gasteiger partial charge on any atom is -0.383 e. The van der Waals surface area contributed by atoms with Crippen LogP contribution in [-0.4, -0.2) is 31.2 Å². The van der Waals surface area contributed by atoms with E-state index in [0.29, 0.717) is 13.2 Å². The highest BCUT2D eigenvalue weighted by Gasteiger charge is 2.16. The number of nitrogens with one attached hydrogen (secondary N) is 2. The van der Waals surface area contributed by atoms with Crippen LogP contribution in [0.25, 0.3) is 10.9 Å². The molecule has 0 fully saturated rings. The molecule has 0 aliphatic rings. The number of methoxy groups -OCH3 is 1. The molecule has 130 valence electrons. The smallest absolute Gasteiger partial charge is 0.224 e. The van der Waals surface area contributed by atoms with Gasteiger partial charge in [-0.2, -0.15) is 0 Å². The molecule has 1 aromatic heterocycles. The summed E-state index contributed by atoms with van der Waals surface area (Å²) in [6.45, 7) is 0.953. The average Bonchev–Trinajstić information content (AvgIpc) is 2.93. The first-order chi connectivity index (χ1) is 12.2. The van der Waals surface area contributed by atoms with E-state index in [2.05, 4.69) is 10.3 Å². The largest absolute Gasteiger partial charge is 0.383 e. The Bertz CT molecular complexity index is 879. The van der Waals surface area contributed by atoms with Crippen LogP contribution in [-0.2, 0) is 16.0 Å². The number of aromatic nitrogens is 1. The SMILES string of the molecule is COCCNC(=O)Cc1c(Sc2cccc(F)c2)[nH]c2ccccc12. The number of halogens is 1. The van der Waals surface area contributed by atoms with Gasteiger partial charge in [-0.3, -0.25) is 4.79 Å². The number of ether oxygens (including phenoxy) is 1. The Morgan fingerprint density at radius 1 is 1.24 bits per heavy atom. The third-order valence-corrected chi connectivity index (χ3v) is 4.80. The molecule has 3 aromatic rings. The van der Waals surface area contributed by atoms with Crippen molar-refractivity contribution in [3.63, 3.8) is 0 Å². The number of carbonyl (C=O) groups excluding carboxylic acids is 1. The summed E-state index contributed by atoms with van der Waals surface area (Å²) in [5, 5.41) is 4.70. The Morgan fingerprint density at radius 3 is 2.88 bits per heavy atom. The van der Waals surface area contributed by atoms with Gasteiger partial charge in [0.15, 0.2) is 0 Å². The van der Waals surface area contributed by atoms with E-state index in [4.69, 9.17) is 4.74 Å². The summed E-state index contributed by atoms with van der Waals surface area (Å²) in [5.74, 6) is -0.345. The van der Waals surface area contributed by atoms with Gasteiger partial charge in [0.1, 0.15) is 5.82 Å². The van der Waals surface area contributed by atoms with Gasteiger partial charge < -0.3 is 15.0 Å². The number of benzene rings is 2. The van der Waals surface area contributed by atoms with Crippen LogP contribution in [0.2, 0.25) is 0 Å². The van der Waals surface area contributed by atoms with Crippen LogP contribution >= 0.6 is 11.8 Å². The van der Waals surface area contributed by atoms with Gasteiger partial charge in [-0.05, 0) is 24.3 Å². The number of fused-ring (bicyclic) bond motifs is 1. The fraction of sp³-hybridized carbons (Fsp3) is 0.211. The lowest BCUT2D eigenvalue weighted by molar-refractivity contribution is -0.120. The van der Waals surface area contributed by atoms with E-state index < -0.39 is 0 Å². The van der Waals surface area contributed by atoms with Gasteiger partial charge in [0, 0.05) is 35.0 Å². The Kier molecular flexibility index (Phi) is 5.73. The summed E-state index contributed by atoms with van der Waals surface area (Å²) in [5.41, 5.74) is 1.88. The topological polar surface area (TPSA) is 54.1 Å². The number of hydrogen-bond donors (Lipinski definition) is 2. The van der Waals surface area contributed by atoms with Gasteiger partial charge >= 0.3 is 0 Å². The zero-order chi connectivity index (χ0) is 17.6. The Morgan fingerprint density at radius 2 is 2.08 bits per heavy atom. The molecular weight excluding hydrogens is 339 g/mol.